The molecule has 5 nitrogen and oxygen atoms in total. The predicted molar refractivity (Wildman–Crippen MR) is 75.6 cm³/mol. The standard InChI is InChI=1S/C15H10F4N2O3/c16-14(17)11-7-9(3-6-12(11)23-15(18,19)24-14)8-1-4-10(5-2-8)21-13(20)22/h1-7H,(H3,20,21,22). The average molecular weight is 342 g/mol. The van der Waals surface area contributed by atoms with Gasteiger partial charge in [-0.05, 0) is 35.4 Å². The van der Waals surface area contributed by atoms with Crippen molar-refractivity contribution in [2.45, 2.75) is 12.4 Å². The lowest BCUT2D eigenvalue weighted by atomic mass is 10.0. The summed E-state index contributed by atoms with van der Waals surface area (Å²) in [5.74, 6) is -0.660. The second-order valence-corrected chi connectivity index (χ2v) is 4.96. The Morgan fingerprint density at radius 3 is 2.25 bits per heavy atom. The number of hydrogen-bond donors (Lipinski definition) is 2. The lowest BCUT2D eigenvalue weighted by Crippen LogP contribution is -2.41. The van der Waals surface area contributed by atoms with E-state index in [1.165, 1.54) is 18.2 Å². The Kier molecular flexibility index (Phi) is 3.60. The Bertz CT molecular complexity index is 794. The summed E-state index contributed by atoms with van der Waals surface area (Å²) in [7, 11) is 0. The average Bonchev–Trinajstić information content (AvgIpc) is 2.45. The summed E-state index contributed by atoms with van der Waals surface area (Å²) in [5.41, 5.74) is 5.44. The number of alkyl halides is 4. The monoisotopic (exact) mass is 342 g/mol. The van der Waals surface area contributed by atoms with Gasteiger partial charge in [-0.25, -0.2) is 9.53 Å². The van der Waals surface area contributed by atoms with Crippen LogP contribution in [-0.4, -0.2) is 12.3 Å². The Labute approximate surface area is 133 Å². The van der Waals surface area contributed by atoms with Gasteiger partial charge in [-0.2, -0.15) is 8.78 Å². The first-order chi connectivity index (χ1) is 11.2. The molecule has 126 valence electrons. The third-order valence-electron chi connectivity index (χ3n) is 3.25. The summed E-state index contributed by atoms with van der Waals surface area (Å²) in [6, 6.07) is 8.75. The number of hydrogen-bond acceptors (Lipinski definition) is 3. The first-order valence-corrected chi connectivity index (χ1v) is 6.62. The van der Waals surface area contributed by atoms with Crippen LogP contribution in [0.25, 0.3) is 11.1 Å². The molecule has 1 aliphatic rings. The fourth-order valence-electron chi connectivity index (χ4n) is 2.27. The molecule has 3 rings (SSSR count). The first kappa shape index (κ1) is 16.1. The zero-order valence-corrected chi connectivity index (χ0v) is 11.9. The smallest absolute Gasteiger partial charge is 0.409 e. The SMILES string of the molecule is NC(=O)Nc1ccc(-c2ccc3c(c2)C(F)(F)OC(F)(F)O3)cc1. The summed E-state index contributed by atoms with van der Waals surface area (Å²) in [6.07, 6.45) is -8.60. The van der Waals surface area contributed by atoms with Crippen molar-refractivity contribution < 1.29 is 31.8 Å². The van der Waals surface area contributed by atoms with Gasteiger partial charge in [0.1, 0.15) is 5.75 Å². The summed E-state index contributed by atoms with van der Waals surface area (Å²) in [5, 5.41) is 2.35. The van der Waals surface area contributed by atoms with Crippen LogP contribution in [0.1, 0.15) is 5.56 Å². The van der Waals surface area contributed by atoms with E-state index in [4.69, 9.17) is 5.73 Å². The maximum Gasteiger partial charge on any atom is 0.540 e. The molecular weight excluding hydrogens is 332 g/mol. The van der Waals surface area contributed by atoms with Crippen LogP contribution in [0.3, 0.4) is 0 Å². The summed E-state index contributed by atoms with van der Waals surface area (Å²) in [6.45, 7) is 0. The Morgan fingerprint density at radius 1 is 1.00 bits per heavy atom. The van der Waals surface area contributed by atoms with Crippen LogP contribution < -0.4 is 15.8 Å². The lowest BCUT2D eigenvalue weighted by Gasteiger charge is -2.30. The van der Waals surface area contributed by atoms with Crippen molar-refractivity contribution in [3.63, 3.8) is 0 Å². The molecule has 24 heavy (non-hydrogen) atoms. The van der Waals surface area contributed by atoms with E-state index in [1.807, 2.05) is 0 Å². The molecule has 0 atom stereocenters. The van der Waals surface area contributed by atoms with E-state index >= 15 is 0 Å². The van der Waals surface area contributed by atoms with Gasteiger partial charge in [0, 0.05) is 5.69 Å². The van der Waals surface area contributed by atoms with Gasteiger partial charge >= 0.3 is 18.4 Å². The molecule has 0 saturated heterocycles. The predicted octanol–water partition coefficient (Wildman–Crippen LogP) is 3.85. The molecular formula is C15H10F4N2O3. The number of amides is 2. The van der Waals surface area contributed by atoms with E-state index < -0.39 is 29.7 Å². The number of halogens is 4. The minimum atomic E-state index is -4.40. The number of urea groups is 1. The Hall–Kier alpha value is -2.81. The van der Waals surface area contributed by atoms with Crippen LogP contribution in [0.4, 0.5) is 28.0 Å². The molecule has 3 N–H and O–H groups in total. The van der Waals surface area contributed by atoms with Gasteiger partial charge in [0.05, 0.1) is 5.56 Å². The molecule has 2 amide bonds. The van der Waals surface area contributed by atoms with Crippen LogP contribution in [0.2, 0.25) is 0 Å². The molecule has 0 unspecified atom stereocenters. The molecule has 1 aliphatic heterocycles. The number of carbonyl (C=O) groups is 1. The number of ether oxygens (including phenoxy) is 2. The van der Waals surface area contributed by atoms with Crippen molar-refractivity contribution in [1.82, 2.24) is 0 Å². The van der Waals surface area contributed by atoms with Gasteiger partial charge in [-0.15, -0.1) is 8.78 Å². The molecule has 0 aromatic heterocycles. The minimum absolute atomic E-state index is 0.330. The molecule has 0 aliphatic carbocycles. The number of primary amides is 1. The molecule has 1 heterocycles. The molecule has 2 aromatic carbocycles. The fraction of sp³-hybridized carbons (Fsp3) is 0.133. The largest absolute Gasteiger partial charge is 0.540 e. The van der Waals surface area contributed by atoms with Crippen molar-refractivity contribution in [2.24, 2.45) is 5.73 Å². The van der Waals surface area contributed by atoms with Crippen molar-refractivity contribution in [3.8, 4) is 16.9 Å². The van der Waals surface area contributed by atoms with Crippen LogP contribution >= 0.6 is 0 Å². The zero-order chi connectivity index (χ0) is 17.5. The topological polar surface area (TPSA) is 73.6 Å². The summed E-state index contributed by atoms with van der Waals surface area (Å²) in [4.78, 5) is 10.7. The van der Waals surface area contributed by atoms with E-state index in [1.54, 1.807) is 12.1 Å². The molecule has 0 bridgehead atoms. The van der Waals surface area contributed by atoms with Gasteiger partial charge < -0.3 is 15.8 Å². The second-order valence-electron chi connectivity index (χ2n) is 4.96. The molecule has 0 spiro atoms. The van der Waals surface area contributed by atoms with Gasteiger partial charge in [0.2, 0.25) is 0 Å². The zero-order valence-electron chi connectivity index (χ0n) is 11.9. The normalized spacial score (nSPS) is 17.5. The number of fused-ring (bicyclic) bond motifs is 1. The number of nitrogens with one attached hydrogen (secondary N) is 1. The van der Waals surface area contributed by atoms with Gasteiger partial charge in [-0.1, -0.05) is 18.2 Å². The van der Waals surface area contributed by atoms with Gasteiger partial charge in [0.15, 0.2) is 0 Å². The van der Waals surface area contributed by atoms with Gasteiger partial charge in [0.25, 0.3) is 0 Å². The number of benzene rings is 2. The first-order valence-electron chi connectivity index (χ1n) is 6.62. The van der Waals surface area contributed by atoms with Crippen molar-refractivity contribution in [1.29, 1.82) is 0 Å². The van der Waals surface area contributed by atoms with E-state index in [0.717, 1.165) is 12.1 Å². The quantitative estimate of drug-likeness (QED) is 0.814. The number of nitrogens with two attached hydrogens (primary N) is 1. The number of anilines is 1. The summed E-state index contributed by atoms with van der Waals surface area (Å²) < 4.78 is 61.0. The maximum atomic E-state index is 13.8. The lowest BCUT2D eigenvalue weighted by molar-refractivity contribution is -0.461. The van der Waals surface area contributed by atoms with E-state index in [0.29, 0.717) is 16.8 Å². The molecule has 2 aromatic rings. The minimum Gasteiger partial charge on any atom is -0.409 e. The summed E-state index contributed by atoms with van der Waals surface area (Å²) >= 11 is 0. The maximum absolute atomic E-state index is 13.8. The third kappa shape index (κ3) is 3.11. The van der Waals surface area contributed by atoms with Crippen LogP contribution in [0, 0.1) is 0 Å². The second kappa shape index (κ2) is 5.38. The van der Waals surface area contributed by atoms with E-state index in [9.17, 15) is 22.4 Å². The van der Waals surface area contributed by atoms with Crippen molar-refractivity contribution in [2.75, 3.05) is 5.32 Å². The highest BCUT2D eigenvalue weighted by Crippen LogP contribution is 2.47. The number of rotatable bonds is 2. The highest BCUT2D eigenvalue weighted by Gasteiger charge is 2.54. The van der Waals surface area contributed by atoms with Crippen LogP contribution in [0.15, 0.2) is 42.5 Å². The van der Waals surface area contributed by atoms with Gasteiger partial charge in [-0.3, -0.25) is 0 Å². The van der Waals surface area contributed by atoms with E-state index in [-0.39, 0.29) is 0 Å². The van der Waals surface area contributed by atoms with Crippen LogP contribution in [0.5, 0.6) is 5.75 Å². The van der Waals surface area contributed by atoms with Crippen LogP contribution in [-0.2, 0) is 10.8 Å². The Morgan fingerprint density at radius 2 is 1.62 bits per heavy atom. The Balaban J connectivity index is 1.96. The molecule has 0 saturated carbocycles. The van der Waals surface area contributed by atoms with E-state index in [2.05, 4.69) is 14.8 Å². The van der Waals surface area contributed by atoms with Crippen molar-refractivity contribution >= 4 is 11.7 Å². The highest BCUT2D eigenvalue weighted by molar-refractivity contribution is 5.88. The molecule has 0 fully saturated rings. The highest BCUT2D eigenvalue weighted by atomic mass is 19.3. The van der Waals surface area contributed by atoms with Crippen molar-refractivity contribution in [3.05, 3.63) is 48.0 Å². The molecule has 9 heteroatoms. The third-order valence-corrected chi connectivity index (χ3v) is 3.25. The number of carbonyl (C=O) groups excluding carboxylic acids is 1. The fourth-order valence-corrected chi connectivity index (χ4v) is 2.27. The molecule has 0 radical (unpaired) electrons.